The van der Waals surface area contributed by atoms with E-state index in [1.807, 2.05) is 16.8 Å². The average molecular weight is 524 g/mol. The molecule has 10 heteroatoms. The maximum absolute atomic E-state index is 13.0. The number of hydrogen-bond donors (Lipinski definition) is 1. The van der Waals surface area contributed by atoms with Gasteiger partial charge < -0.3 is 4.74 Å². The second-order valence-electron chi connectivity index (χ2n) is 8.43. The molecule has 0 aliphatic carbocycles. The molecule has 5 nitrogen and oxygen atoms in total. The van der Waals surface area contributed by atoms with Crippen LogP contribution in [0.25, 0.3) is 11.1 Å². The molecule has 35 heavy (non-hydrogen) atoms. The summed E-state index contributed by atoms with van der Waals surface area (Å²) < 4.78 is 73.1. The predicted molar refractivity (Wildman–Crippen MR) is 128 cm³/mol. The van der Waals surface area contributed by atoms with E-state index in [4.69, 9.17) is 4.74 Å². The van der Waals surface area contributed by atoms with Crippen molar-refractivity contribution < 1.29 is 31.1 Å². The molecule has 0 radical (unpaired) electrons. The summed E-state index contributed by atoms with van der Waals surface area (Å²) in [5.74, 6) is -0.312. The molecule has 1 saturated heterocycles. The summed E-state index contributed by atoms with van der Waals surface area (Å²) in [5, 5.41) is 3.77. The number of halogens is 3. The number of ketones is 1. The molecule has 1 aromatic heterocycles. The number of nitrogens with one attached hydrogen (secondary N) is 1. The molecule has 0 saturated carbocycles. The fourth-order valence-electron chi connectivity index (χ4n) is 4.05. The fraction of sp³-hybridized carbons (Fsp3) is 0.320. The van der Waals surface area contributed by atoms with Crippen molar-refractivity contribution in [2.24, 2.45) is 0 Å². The number of sulfonamides is 1. The van der Waals surface area contributed by atoms with Gasteiger partial charge in [0.25, 0.3) is 0 Å². The Kier molecular flexibility index (Phi) is 7.75. The Labute approximate surface area is 206 Å². The average Bonchev–Trinajstić information content (AvgIpc) is 3.34. The summed E-state index contributed by atoms with van der Waals surface area (Å²) >= 11 is 1.47. The van der Waals surface area contributed by atoms with Gasteiger partial charge in [-0.15, -0.1) is 0 Å². The lowest BCUT2D eigenvalue weighted by molar-refractivity contribution is -0.137. The third-order valence-corrected chi connectivity index (χ3v) is 8.01. The van der Waals surface area contributed by atoms with Crippen LogP contribution < -0.4 is 4.72 Å². The topological polar surface area (TPSA) is 72.5 Å². The third-order valence-electron chi connectivity index (χ3n) is 5.81. The molecule has 1 aliphatic rings. The van der Waals surface area contributed by atoms with E-state index in [1.54, 1.807) is 6.07 Å². The van der Waals surface area contributed by atoms with Crippen LogP contribution >= 0.6 is 11.3 Å². The molecule has 4 rings (SSSR count). The fourth-order valence-corrected chi connectivity index (χ4v) is 6.06. The van der Waals surface area contributed by atoms with Crippen molar-refractivity contribution in [2.45, 2.75) is 42.8 Å². The number of hydrogen-bond acceptors (Lipinski definition) is 5. The highest BCUT2D eigenvalue weighted by Crippen LogP contribution is 2.31. The Morgan fingerprint density at radius 1 is 1.06 bits per heavy atom. The van der Waals surface area contributed by atoms with Crippen molar-refractivity contribution in [2.75, 3.05) is 13.2 Å². The zero-order valence-electron chi connectivity index (χ0n) is 18.7. The Balaban J connectivity index is 1.59. The van der Waals surface area contributed by atoms with Gasteiger partial charge in [0.1, 0.15) is 5.78 Å². The summed E-state index contributed by atoms with van der Waals surface area (Å²) in [7, 11) is -3.82. The first-order valence-corrected chi connectivity index (χ1v) is 13.5. The maximum Gasteiger partial charge on any atom is 0.416 e. The van der Waals surface area contributed by atoms with E-state index in [2.05, 4.69) is 4.72 Å². The van der Waals surface area contributed by atoms with Crippen LogP contribution in [0, 0.1) is 0 Å². The van der Waals surface area contributed by atoms with Crippen LogP contribution in [0.4, 0.5) is 13.2 Å². The largest absolute Gasteiger partial charge is 0.416 e. The van der Waals surface area contributed by atoms with E-state index in [-0.39, 0.29) is 35.1 Å². The van der Waals surface area contributed by atoms with Crippen molar-refractivity contribution in [1.29, 1.82) is 0 Å². The lowest BCUT2D eigenvalue weighted by Gasteiger charge is -2.23. The summed E-state index contributed by atoms with van der Waals surface area (Å²) in [6.07, 6.45) is -3.64. The maximum atomic E-state index is 13.0. The number of carbonyl (C=O) groups is 1. The van der Waals surface area contributed by atoms with E-state index in [1.165, 1.54) is 35.6 Å². The zero-order chi connectivity index (χ0) is 25.1. The molecule has 0 spiro atoms. The minimum Gasteiger partial charge on any atom is -0.381 e. The van der Waals surface area contributed by atoms with E-state index in [0.29, 0.717) is 37.2 Å². The lowest BCUT2D eigenvalue weighted by atomic mass is 9.95. The minimum atomic E-state index is -4.49. The van der Waals surface area contributed by atoms with Gasteiger partial charge in [-0.1, -0.05) is 24.3 Å². The standard InChI is InChI=1S/C25H24F3NO4S2/c26-25(27,28)20-3-1-2-17(12-20)13-22(30)14-19-15-23(4-5-24(19)18-8-11-34-16-18)35(31,32)29-21-6-9-33-10-7-21/h1-5,8,11-12,15-16,21,29H,6-7,9-10,13-14H2. The Hall–Kier alpha value is -2.53. The molecule has 2 aromatic carbocycles. The molecular weight excluding hydrogens is 499 g/mol. The quantitative estimate of drug-likeness (QED) is 0.438. The first-order chi connectivity index (χ1) is 16.6. The molecule has 1 N–H and O–H groups in total. The third kappa shape index (κ3) is 6.58. The van der Waals surface area contributed by atoms with Gasteiger partial charge in [-0.05, 0) is 70.1 Å². The Bertz CT molecular complexity index is 1280. The van der Waals surface area contributed by atoms with Crippen LogP contribution in [0.15, 0.2) is 64.2 Å². The second kappa shape index (κ2) is 10.6. The Morgan fingerprint density at radius 3 is 2.51 bits per heavy atom. The van der Waals surface area contributed by atoms with E-state index < -0.39 is 21.8 Å². The number of thiophene rings is 1. The predicted octanol–water partition coefficient (Wildman–Crippen LogP) is 5.25. The van der Waals surface area contributed by atoms with Crippen LogP contribution in [0.5, 0.6) is 0 Å². The Morgan fingerprint density at radius 2 is 1.83 bits per heavy atom. The summed E-state index contributed by atoms with van der Waals surface area (Å²) in [4.78, 5) is 12.9. The summed E-state index contributed by atoms with van der Waals surface area (Å²) in [6.45, 7) is 0.971. The van der Waals surface area contributed by atoms with Gasteiger partial charge in [0.15, 0.2) is 0 Å². The normalized spacial score (nSPS) is 15.3. The molecule has 0 amide bonds. The zero-order valence-corrected chi connectivity index (χ0v) is 20.3. The van der Waals surface area contributed by atoms with Gasteiger partial charge in [0, 0.05) is 32.1 Å². The van der Waals surface area contributed by atoms with Crippen LogP contribution in [0.2, 0.25) is 0 Å². The second-order valence-corrected chi connectivity index (χ2v) is 10.9. The summed E-state index contributed by atoms with van der Waals surface area (Å²) in [5.41, 5.74) is 1.52. The van der Waals surface area contributed by atoms with Crippen molar-refractivity contribution in [1.82, 2.24) is 4.72 Å². The molecule has 0 atom stereocenters. The SMILES string of the molecule is O=C(Cc1cccc(C(F)(F)F)c1)Cc1cc(S(=O)(=O)NC2CCOCC2)ccc1-c1ccsc1. The number of Topliss-reactive ketones (excluding diaryl/α,β-unsaturated/α-hetero) is 1. The molecule has 1 aliphatic heterocycles. The highest BCUT2D eigenvalue weighted by atomic mass is 32.2. The van der Waals surface area contributed by atoms with Crippen LogP contribution in [0.1, 0.15) is 29.5 Å². The van der Waals surface area contributed by atoms with Gasteiger partial charge >= 0.3 is 6.18 Å². The minimum absolute atomic E-state index is 0.0461. The molecule has 2 heterocycles. The highest BCUT2D eigenvalue weighted by molar-refractivity contribution is 7.89. The van der Waals surface area contributed by atoms with Crippen LogP contribution in [0.3, 0.4) is 0 Å². The number of ether oxygens (including phenoxy) is 1. The van der Waals surface area contributed by atoms with Gasteiger partial charge in [-0.3, -0.25) is 4.79 Å². The van der Waals surface area contributed by atoms with E-state index in [9.17, 15) is 26.4 Å². The van der Waals surface area contributed by atoms with Crippen LogP contribution in [-0.4, -0.2) is 33.5 Å². The van der Waals surface area contributed by atoms with Crippen molar-refractivity contribution in [3.05, 3.63) is 76.0 Å². The lowest BCUT2D eigenvalue weighted by Crippen LogP contribution is -2.38. The van der Waals surface area contributed by atoms with Gasteiger partial charge in [-0.2, -0.15) is 24.5 Å². The monoisotopic (exact) mass is 523 g/mol. The number of benzene rings is 2. The van der Waals surface area contributed by atoms with Crippen molar-refractivity contribution >= 4 is 27.1 Å². The van der Waals surface area contributed by atoms with Crippen LogP contribution in [-0.2, 0) is 38.6 Å². The van der Waals surface area contributed by atoms with Crippen molar-refractivity contribution in [3.63, 3.8) is 0 Å². The van der Waals surface area contributed by atoms with Gasteiger partial charge in [0.2, 0.25) is 10.0 Å². The number of alkyl halides is 3. The molecule has 3 aromatic rings. The summed E-state index contributed by atoms with van der Waals surface area (Å²) in [6, 6.07) is 11.0. The van der Waals surface area contributed by atoms with Crippen molar-refractivity contribution in [3.8, 4) is 11.1 Å². The number of carbonyl (C=O) groups excluding carboxylic acids is 1. The van der Waals surface area contributed by atoms with Gasteiger partial charge in [0.05, 0.1) is 10.5 Å². The first kappa shape index (κ1) is 25.6. The first-order valence-electron chi connectivity index (χ1n) is 11.1. The molecule has 1 fully saturated rings. The smallest absolute Gasteiger partial charge is 0.381 e. The van der Waals surface area contributed by atoms with Gasteiger partial charge in [-0.25, -0.2) is 13.1 Å². The number of rotatable bonds is 8. The highest BCUT2D eigenvalue weighted by Gasteiger charge is 2.30. The van der Waals surface area contributed by atoms with E-state index >= 15 is 0 Å². The molecule has 0 unspecified atom stereocenters. The molecule has 0 bridgehead atoms. The molecule has 186 valence electrons. The molecular formula is C25H24F3NO4S2. The van der Waals surface area contributed by atoms with E-state index in [0.717, 1.165) is 17.7 Å².